The molecular formula is C14H17BrN2O3. The molecule has 0 aliphatic carbocycles. The second-order valence-corrected chi connectivity index (χ2v) is 6.32. The summed E-state index contributed by atoms with van der Waals surface area (Å²) in [4.78, 5) is 27.9. The van der Waals surface area contributed by atoms with Crippen molar-refractivity contribution in [2.45, 2.75) is 19.4 Å². The van der Waals surface area contributed by atoms with Gasteiger partial charge in [0.25, 0.3) is 5.91 Å². The van der Waals surface area contributed by atoms with Crippen LogP contribution in [0.3, 0.4) is 0 Å². The highest BCUT2D eigenvalue weighted by atomic mass is 79.9. The fourth-order valence-corrected chi connectivity index (χ4v) is 2.76. The molecule has 1 heterocycles. The van der Waals surface area contributed by atoms with Crippen LogP contribution in [0.25, 0.3) is 0 Å². The van der Waals surface area contributed by atoms with Crippen molar-refractivity contribution < 1.29 is 14.7 Å². The molecule has 1 aromatic rings. The monoisotopic (exact) mass is 340 g/mol. The first kappa shape index (κ1) is 14.8. The zero-order valence-electron chi connectivity index (χ0n) is 11.7. The highest BCUT2D eigenvalue weighted by Crippen LogP contribution is 2.28. The molecule has 0 unspecified atom stereocenters. The van der Waals surface area contributed by atoms with Gasteiger partial charge in [0.2, 0.25) is 5.91 Å². The smallest absolute Gasteiger partial charge is 0.258 e. The molecule has 1 fully saturated rings. The number of hydrogen-bond acceptors (Lipinski definition) is 3. The van der Waals surface area contributed by atoms with E-state index in [1.54, 1.807) is 37.9 Å². The Morgan fingerprint density at radius 1 is 1.35 bits per heavy atom. The van der Waals surface area contributed by atoms with Crippen LogP contribution < -0.4 is 0 Å². The lowest BCUT2D eigenvalue weighted by atomic mass is 9.96. The summed E-state index contributed by atoms with van der Waals surface area (Å²) in [7, 11) is 1.72. The molecule has 1 aliphatic rings. The normalized spacial score (nSPS) is 18.3. The molecule has 1 aliphatic heterocycles. The van der Waals surface area contributed by atoms with Crippen molar-refractivity contribution in [3.8, 4) is 5.75 Å². The Kier molecular flexibility index (Phi) is 3.77. The Bertz CT molecular complexity index is 572. The lowest BCUT2D eigenvalue weighted by molar-refractivity contribution is -0.144. The van der Waals surface area contributed by atoms with Crippen LogP contribution in [0.2, 0.25) is 0 Å². The van der Waals surface area contributed by atoms with Gasteiger partial charge in [-0.3, -0.25) is 9.59 Å². The molecule has 1 N–H and O–H groups in total. The first-order valence-electron chi connectivity index (χ1n) is 6.31. The number of likely N-dealkylation sites (N-methyl/N-ethyl adjacent to an activating group) is 1. The van der Waals surface area contributed by atoms with E-state index in [2.05, 4.69) is 15.9 Å². The van der Waals surface area contributed by atoms with E-state index >= 15 is 0 Å². The largest absolute Gasteiger partial charge is 0.507 e. The number of nitrogens with zero attached hydrogens (tertiary/aromatic N) is 2. The van der Waals surface area contributed by atoms with Crippen LogP contribution in [0.15, 0.2) is 22.7 Å². The molecule has 1 saturated heterocycles. The van der Waals surface area contributed by atoms with Crippen molar-refractivity contribution in [3.63, 3.8) is 0 Å². The highest BCUT2D eigenvalue weighted by Gasteiger charge is 2.43. The minimum absolute atomic E-state index is 0.0830. The van der Waals surface area contributed by atoms with Crippen molar-refractivity contribution in [2.75, 3.05) is 20.1 Å². The Morgan fingerprint density at radius 3 is 2.65 bits per heavy atom. The maximum Gasteiger partial charge on any atom is 0.258 e. The molecule has 0 radical (unpaired) electrons. The van der Waals surface area contributed by atoms with E-state index in [0.717, 1.165) is 0 Å². The average molecular weight is 341 g/mol. The number of phenols is 1. The Morgan fingerprint density at radius 2 is 2.00 bits per heavy atom. The predicted molar refractivity (Wildman–Crippen MR) is 78.6 cm³/mol. The number of phenolic OH excluding ortho intramolecular Hbond substituents is 1. The molecular weight excluding hydrogens is 324 g/mol. The van der Waals surface area contributed by atoms with Gasteiger partial charge in [-0.05, 0) is 32.0 Å². The van der Waals surface area contributed by atoms with Gasteiger partial charge in [0.05, 0.1) is 5.56 Å². The van der Waals surface area contributed by atoms with Crippen LogP contribution >= 0.6 is 15.9 Å². The number of benzene rings is 1. The van der Waals surface area contributed by atoms with Crippen molar-refractivity contribution in [1.29, 1.82) is 0 Å². The first-order valence-corrected chi connectivity index (χ1v) is 7.10. The van der Waals surface area contributed by atoms with Crippen LogP contribution in [-0.4, -0.2) is 52.4 Å². The van der Waals surface area contributed by atoms with E-state index in [4.69, 9.17) is 0 Å². The molecule has 0 atom stereocenters. The Balaban J connectivity index is 2.38. The van der Waals surface area contributed by atoms with Crippen molar-refractivity contribution >= 4 is 27.7 Å². The second-order valence-electron chi connectivity index (χ2n) is 5.40. The van der Waals surface area contributed by atoms with Crippen LogP contribution in [-0.2, 0) is 4.79 Å². The molecule has 5 nitrogen and oxygen atoms in total. The average Bonchev–Trinajstić information content (AvgIpc) is 2.38. The summed E-state index contributed by atoms with van der Waals surface area (Å²) < 4.78 is 0.705. The van der Waals surface area contributed by atoms with Gasteiger partial charge in [-0.2, -0.15) is 0 Å². The molecule has 1 aromatic carbocycles. The summed E-state index contributed by atoms with van der Waals surface area (Å²) in [6, 6.07) is 4.69. The maximum absolute atomic E-state index is 12.6. The number of piperazine rings is 1. The van der Waals surface area contributed by atoms with E-state index in [1.807, 2.05) is 0 Å². The standard InChI is InChI=1S/C14H17BrN2O3/c1-14(2)13(20)16(3)6-7-17(14)12(19)10-8-9(15)4-5-11(10)18/h4-5,8,18H,6-7H2,1-3H3. The lowest BCUT2D eigenvalue weighted by Crippen LogP contribution is -2.63. The van der Waals surface area contributed by atoms with E-state index < -0.39 is 5.54 Å². The van der Waals surface area contributed by atoms with Crippen molar-refractivity contribution in [2.24, 2.45) is 0 Å². The van der Waals surface area contributed by atoms with E-state index in [0.29, 0.717) is 17.6 Å². The highest BCUT2D eigenvalue weighted by molar-refractivity contribution is 9.10. The number of rotatable bonds is 1. The van der Waals surface area contributed by atoms with Gasteiger partial charge in [-0.1, -0.05) is 15.9 Å². The van der Waals surface area contributed by atoms with Crippen LogP contribution in [0.1, 0.15) is 24.2 Å². The fraction of sp³-hybridized carbons (Fsp3) is 0.429. The van der Waals surface area contributed by atoms with E-state index in [1.165, 1.54) is 11.0 Å². The van der Waals surface area contributed by atoms with E-state index in [9.17, 15) is 14.7 Å². The molecule has 2 rings (SSSR count). The molecule has 0 aromatic heterocycles. The summed E-state index contributed by atoms with van der Waals surface area (Å²) in [6.45, 7) is 4.37. The summed E-state index contributed by atoms with van der Waals surface area (Å²) in [6.07, 6.45) is 0. The van der Waals surface area contributed by atoms with Gasteiger partial charge >= 0.3 is 0 Å². The maximum atomic E-state index is 12.6. The molecule has 0 spiro atoms. The van der Waals surface area contributed by atoms with Crippen LogP contribution in [0.4, 0.5) is 0 Å². The predicted octanol–water partition coefficient (Wildman–Crippen LogP) is 1.85. The van der Waals surface area contributed by atoms with Gasteiger partial charge in [0.15, 0.2) is 0 Å². The third-order valence-corrected chi connectivity index (χ3v) is 4.13. The summed E-state index contributed by atoms with van der Waals surface area (Å²) in [5.41, 5.74) is -0.719. The summed E-state index contributed by atoms with van der Waals surface area (Å²) in [5, 5.41) is 9.86. The van der Waals surface area contributed by atoms with Crippen LogP contribution in [0.5, 0.6) is 5.75 Å². The molecule has 0 bridgehead atoms. The number of amides is 2. The first-order chi connectivity index (χ1) is 9.25. The van der Waals surface area contributed by atoms with Gasteiger partial charge in [0, 0.05) is 24.6 Å². The Labute approximate surface area is 126 Å². The van der Waals surface area contributed by atoms with Gasteiger partial charge < -0.3 is 14.9 Å². The number of hydrogen-bond donors (Lipinski definition) is 1. The molecule has 0 saturated carbocycles. The lowest BCUT2D eigenvalue weighted by Gasteiger charge is -2.44. The van der Waals surface area contributed by atoms with Gasteiger partial charge in [-0.25, -0.2) is 0 Å². The molecule has 108 valence electrons. The quantitative estimate of drug-likeness (QED) is 0.848. The Hall–Kier alpha value is -1.56. The number of carbonyl (C=O) groups excluding carboxylic acids is 2. The summed E-state index contributed by atoms with van der Waals surface area (Å²) in [5.74, 6) is -0.526. The minimum atomic E-state index is -0.918. The fourth-order valence-electron chi connectivity index (χ4n) is 2.39. The van der Waals surface area contributed by atoms with Crippen molar-refractivity contribution in [1.82, 2.24) is 9.80 Å². The SMILES string of the molecule is CN1CCN(C(=O)c2cc(Br)ccc2O)C(C)(C)C1=O. The van der Waals surface area contributed by atoms with Gasteiger partial charge in [0.1, 0.15) is 11.3 Å². The zero-order chi connectivity index (χ0) is 15.1. The topological polar surface area (TPSA) is 60.9 Å². The number of aromatic hydroxyl groups is 1. The molecule has 2 amide bonds. The molecule has 20 heavy (non-hydrogen) atoms. The van der Waals surface area contributed by atoms with E-state index in [-0.39, 0.29) is 23.1 Å². The molecule has 6 heteroatoms. The third kappa shape index (κ3) is 2.40. The minimum Gasteiger partial charge on any atom is -0.507 e. The summed E-state index contributed by atoms with van der Waals surface area (Å²) >= 11 is 3.28. The number of carbonyl (C=O) groups is 2. The second kappa shape index (κ2) is 5.09. The van der Waals surface area contributed by atoms with Crippen molar-refractivity contribution in [3.05, 3.63) is 28.2 Å². The third-order valence-electron chi connectivity index (χ3n) is 3.64. The van der Waals surface area contributed by atoms with Gasteiger partial charge in [-0.15, -0.1) is 0 Å². The number of halogens is 1. The van der Waals surface area contributed by atoms with Crippen LogP contribution in [0, 0.1) is 0 Å². The zero-order valence-corrected chi connectivity index (χ0v) is 13.3.